The molecule has 0 N–H and O–H groups in total. The van der Waals surface area contributed by atoms with Crippen LogP contribution in [0.15, 0.2) is 18.2 Å². The number of nitro groups is 1. The molecule has 0 aliphatic carbocycles. The van der Waals surface area contributed by atoms with Crippen molar-refractivity contribution in [1.82, 2.24) is 8.61 Å². The van der Waals surface area contributed by atoms with Gasteiger partial charge in [0.25, 0.3) is 15.9 Å². The maximum Gasteiger partial charge on any atom is 0.282 e. The van der Waals surface area contributed by atoms with Crippen molar-refractivity contribution in [3.8, 4) is 5.75 Å². The molecule has 3 rings (SSSR count). The lowest BCUT2D eigenvalue weighted by atomic mass is 10.2. The maximum absolute atomic E-state index is 13.4. The van der Waals surface area contributed by atoms with E-state index in [0.717, 1.165) is 18.2 Å². The van der Waals surface area contributed by atoms with Crippen LogP contribution in [0.1, 0.15) is 6.42 Å². The summed E-state index contributed by atoms with van der Waals surface area (Å²) in [6.07, 6.45) is 0.0170. The number of non-ortho nitro benzene ring substituents is 1. The van der Waals surface area contributed by atoms with Crippen molar-refractivity contribution < 1.29 is 22.5 Å². The van der Waals surface area contributed by atoms with Crippen molar-refractivity contribution in [1.29, 1.82) is 0 Å². The van der Waals surface area contributed by atoms with Crippen LogP contribution in [0.5, 0.6) is 5.75 Å². The standard InChI is InChI=1S/C12H14FN3O5S/c1-14-6-10-5-12(7-15(10)22(14,19)20)21-11-3-8(13)2-9(4-11)16(17)18/h2-4,10,12H,5-7H2,1H3/t10?,12-/m1/s1. The number of halogens is 1. The Morgan fingerprint density at radius 1 is 1.36 bits per heavy atom. The Balaban J connectivity index is 1.75. The molecular formula is C12H14FN3O5S. The Bertz CT molecular complexity index is 725. The van der Waals surface area contributed by atoms with Crippen LogP contribution in [-0.4, -0.2) is 54.2 Å². The highest BCUT2D eigenvalue weighted by molar-refractivity contribution is 7.87. The maximum atomic E-state index is 13.4. The predicted molar refractivity (Wildman–Crippen MR) is 74.1 cm³/mol. The summed E-state index contributed by atoms with van der Waals surface area (Å²) in [5.74, 6) is -0.737. The number of rotatable bonds is 3. The molecular weight excluding hydrogens is 317 g/mol. The molecule has 0 aromatic heterocycles. The number of ether oxygens (including phenoxy) is 1. The number of likely N-dealkylation sites (N-methyl/N-ethyl adjacent to an activating group) is 1. The summed E-state index contributed by atoms with van der Waals surface area (Å²) in [6, 6.07) is 2.81. The van der Waals surface area contributed by atoms with Crippen molar-refractivity contribution in [2.75, 3.05) is 20.1 Å². The Hall–Kier alpha value is -1.78. The summed E-state index contributed by atoms with van der Waals surface area (Å²) in [6.45, 7) is 0.535. The Morgan fingerprint density at radius 3 is 2.73 bits per heavy atom. The third-order valence-corrected chi connectivity index (χ3v) is 5.83. The molecule has 2 heterocycles. The lowest BCUT2D eigenvalue weighted by Gasteiger charge is -2.17. The monoisotopic (exact) mass is 331 g/mol. The average Bonchev–Trinajstić information content (AvgIpc) is 2.88. The Morgan fingerprint density at radius 2 is 2.09 bits per heavy atom. The molecule has 1 aromatic carbocycles. The van der Waals surface area contributed by atoms with E-state index in [1.54, 1.807) is 0 Å². The molecule has 1 unspecified atom stereocenters. The van der Waals surface area contributed by atoms with E-state index in [1.807, 2.05) is 0 Å². The minimum atomic E-state index is -3.45. The predicted octanol–water partition coefficient (Wildman–Crippen LogP) is 0.746. The van der Waals surface area contributed by atoms with Gasteiger partial charge in [-0.05, 0) is 0 Å². The van der Waals surface area contributed by atoms with Crippen LogP contribution in [0.3, 0.4) is 0 Å². The van der Waals surface area contributed by atoms with Crippen molar-refractivity contribution in [2.24, 2.45) is 0 Å². The highest BCUT2D eigenvalue weighted by Gasteiger charge is 2.48. The van der Waals surface area contributed by atoms with Crippen LogP contribution in [0, 0.1) is 15.9 Å². The van der Waals surface area contributed by atoms with E-state index < -0.39 is 32.7 Å². The molecule has 0 spiro atoms. The summed E-state index contributed by atoms with van der Waals surface area (Å²) in [4.78, 5) is 10.0. The number of hydrogen-bond donors (Lipinski definition) is 0. The first kappa shape index (κ1) is 15.1. The quantitative estimate of drug-likeness (QED) is 0.602. The summed E-state index contributed by atoms with van der Waals surface area (Å²) in [7, 11) is -1.94. The molecule has 0 bridgehead atoms. The molecule has 0 amide bonds. The van der Waals surface area contributed by atoms with Crippen LogP contribution < -0.4 is 4.74 Å². The van der Waals surface area contributed by atoms with E-state index in [0.29, 0.717) is 13.0 Å². The normalized spacial score (nSPS) is 27.7. The van der Waals surface area contributed by atoms with Gasteiger partial charge in [0.2, 0.25) is 0 Å². The van der Waals surface area contributed by atoms with Crippen molar-refractivity contribution in [2.45, 2.75) is 18.6 Å². The van der Waals surface area contributed by atoms with E-state index in [-0.39, 0.29) is 18.3 Å². The van der Waals surface area contributed by atoms with Gasteiger partial charge in [-0.25, -0.2) is 4.39 Å². The third-order valence-electron chi connectivity index (χ3n) is 3.85. The zero-order valence-corrected chi connectivity index (χ0v) is 12.5. The minimum Gasteiger partial charge on any atom is -0.489 e. The molecule has 0 saturated carbocycles. The fourth-order valence-electron chi connectivity index (χ4n) is 2.86. The van der Waals surface area contributed by atoms with E-state index in [4.69, 9.17) is 4.74 Å². The summed E-state index contributed by atoms with van der Waals surface area (Å²) < 4.78 is 45.6. The minimum absolute atomic E-state index is 0.0311. The second-order valence-corrected chi connectivity index (χ2v) is 7.38. The molecule has 1 aromatic rings. The number of nitrogens with zero attached hydrogens (tertiary/aromatic N) is 3. The lowest BCUT2D eigenvalue weighted by molar-refractivity contribution is -0.385. The van der Waals surface area contributed by atoms with Gasteiger partial charge in [0.05, 0.1) is 23.6 Å². The second kappa shape index (κ2) is 5.14. The average molecular weight is 331 g/mol. The van der Waals surface area contributed by atoms with Crippen molar-refractivity contribution in [3.05, 3.63) is 34.1 Å². The largest absolute Gasteiger partial charge is 0.489 e. The van der Waals surface area contributed by atoms with E-state index in [1.165, 1.54) is 15.7 Å². The Kier molecular flexibility index (Phi) is 3.54. The highest BCUT2D eigenvalue weighted by atomic mass is 32.2. The fraction of sp³-hybridized carbons (Fsp3) is 0.500. The SMILES string of the molecule is CN1CC2C[C@@H](Oc3cc(F)cc([N+](=O)[O-])c3)CN2S1(=O)=O. The number of fused-ring (bicyclic) bond motifs is 1. The molecule has 2 fully saturated rings. The molecule has 2 aliphatic heterocycles. The number of hydrogen-bond acceptors (Lipinski definition) is 5. The van der Waals surface area contributed by atoms with Gasteiger partial charge in [0, 0.05) is 32.1 Å². The molecule has 120 valence electrons. The fourth-order valence-corrected chi connectivity index (χ4v) is 4.47. The summed E-state index contributed by atoms with van der Waals surface area (Å²) in [5, 5.41) is 10.7. The molecule has 8 nitrogen and oxygen atoms in total. The van der Waals surface area contributed by atoms with E-state index in [9.17, 15) is 22.9 Å². The van der Waals surface area contributed by atoms with Crippen LogP contribution in [-0.2, 0) is 10.2 Å². The van der Waals surface area contributed by atoms with Gasteiger partial charge in [0.1, 0.15) is 17.7 Å². The van der Waals surface area contributed by atoms with E-state index >= 15 is 0 Å². The first-order valence-electron chi connectivity index (χ1n) is 6.62. The molecule has 10 heteroatoms. The summed E-state index contributed by atoms with van der Waals surface area (Å²) in [5.41, 5.74) is -0.402. The first-order valence-corrected chi connectivity index (χ1v) is 8.02. The van der Waals surface area contributed by atoms with Crippen LogP contribution >= 0.6 is 0 Å². The summed E-state index contributed by atoms with van der Waals surface area (Å²) >= 11 is 0. The van der Waals surface area contributed by atoms with Gasteiger partial charge >= 0.3 is 0 Å². The zero-order chi connectivity index (χ0) is 16.1. The molecule has 0 radical (unpaired) electrons. The van der Waals surface area contributed by atoms with Gasteiger partial charge < -0.3 is 4.74 Å². The number of nitro benzene ring substituents is 1. The number of benzene rings is 1. The smallest absolute Gasteiger partial charge is 0.282 e. The first-order chi connectivity index (χ1) is 10.3. The van der Waals surface area contributed by atoms with Crippen molar-refractivity contribution >= 4 is 15.9 Å². The molecule has 2 aliphatic rings. The van der Waals surface area contributed by atoms with Gasteiger partial charge in [-0.15, -0.1) is 0 Å². The van der Waals surface area contributed by atoms with Gasteiger partial charge in [-0.2, -0.15) is 17.0 Å². The third kappa shape index (κ3) is 2.53. The van der Waals surface area contributed by atoms with Crippen LogP contribution in [0.4, 0.5) is 10.1 Å². The molecule has 22 heavy (non-hydrogen) atoms. The Labute approximate surface area is 126 Å². The highest BCUT2D eigenvalue weighted by Crippen LogP contribution is 2.32. The topological polar surface area (TPSA) is 93.0 Å². The van der Waals surface area contributed by atoms with Crippen molar-refractivity contribution in [3.63, 3.8) is 0 Å². The second-order valence-electron chi connectivity index (χ2n) is 5.39. The van der Waals surface area contributed by atoms with Gasteiger partial charge in [0.15, 0.2) is 0 Å². The van der Waals surface area contributed by atoms with Crippen LogP contribution in [0.25, 0.3) is 0 Å². The van der Waals surface area contributed by atoms with E-state index in [2.05, 4.69) is 0 Å². The van der Waals surface area contributed by atoms with Crippen LogP contribution in [0.2, 0.25) is 0 Å². The zero-order valence-electron chi connectivity index (χ0n) is 11.7. The van der Waals surface area contributed by atoms with Gasteiger partial charge in [-0.3, -0.25) is 10.1 Å². The molecule has 2 atom stereocenters. The lowest BCUT2D eigenvalue weighted by Crippen LogP contribution is -2.33. The molecule has 2 saturated heterocycles. The van der Waals surface area contributed by atoms with Gasteiger partial charge in [-0.1, -0.05) is 0 Å².